The molecule has 0 saturated heterocycles. The van der Waals surface area contributed by atoms with Crippen molar-refractivity contribution in [3.63, 3.8) is 0 Å². The van der Waals surface area contributed by atoms with Crippen LogP contribution in [0.2, 0.25) is 0 Å². The maximum Gasteiger partial charge on any atom is 0.125 e. The molecule has 0 unspecified atom stereocenters. The first-order chi connectivity index (χ1) is 7.79. The van der Waals surface area contributed by atoms with Crippen molar-refractivity contribution < 1.29 is 9.84 Å². The van der Waals surface area contributed by atoms with Crippen LogP contribution in [-0.2, 0) is 0 Å². The van der Waals surface area contributed by atoms with Gasteiger partial charge in [0, 0.05) is 22.5 Å². The van der Waals surface area contributed by atoms with Crippen LogP contribution >= 0.6 is 15.9 Å². The molecule has 96 valence electrons. The Balaban J connectivity index is 2.72. The van der Waals surface area contributed by atoms with Gasteiger partial charge in [0.05, 0.1) is 12.2 Å². The van der Waals surface area contributed by atoms with Gasteiger partial charge in [0.15, 0.2) is 0 Å². The van der Waals surface area contributed by atoms with E-state index in [2.05, 4.69) is 15.9 Å². The summed E-state index contributed by atoms with van der Waals surface area (Å²) in [7, 11) is 0. The first-order valence-electron chi connectivity index (χ1n) is 5.70. The normalized spacial score (nSPS) is 13.5. The van der Waals surface area contributed by atoms with Gasteiger partial charge in [0.25, 0.3) is 0 Å². The number of halogens is 1. The van der Waals surface area contributed by atoms with E-state index in [-0.39, 0.29) is 6.04 Å². The monoisotopic (exact) mass is 301 g/mol. The summed E-state index contributed by atoms with van der Waals surface area (Å²) >= 11 is 3.41. The number of aliphatic hydroxyl groups is 1. The van der Waals surface area contributed by atoms with Crippen molar-refractivity contribution in [2.75, 3.05) is 6.61 Å². The van der Waals surface area contributed by atoms with Gasteiger partial charge in [-0.25, -0.2) is 0 Å². The predicted molar refractivity (Wildman–Crippen MR) is 73.2 cm³/mol. The minimum absolute atomic E-state index is 0.0692. The second-order valence-electron chi connectivity index (χ2n) is 4.88. The van der Waals surface area contributed by atoms with E-state index in [1.165, 1.54) is 0 Å². The molecule has 0 saturated carbocycles. The molecule has 0 aliphatic rings. The van der Waals surface area contributed by atoms with Crippen LogP contribution in [0.4, 0.5) is 0 Å². The summed E-state index contributed by atoms with van der Waals surface area (Å²) in [6.07, 6.45) is 0.581. The Morgan fingerprint density at radius 3 is 2.65 bits per heavy atom. The topological polar surface area (TPSA) is 55.5 Å². The van der Waals surface area contributed by atoms with Crippen molar-refractivity contribution in [2.24, 2.45) is 5.73 Å². The van der Waals surface area contributed by atoms with E-state index in [0.29, 0.717) is 13.0 Å². The maximum atomic E-state index is 9.61. The van der Waals surface area contributed by atoms with Crippen molar-refractivity contribution in [1.29, 1.82) is 0 Å². The van der Waals surface area contributed by atoms with Gasteiger partial charge in [0.2, 0.25) is 0 Å². The molecule has 3 N–H and O–H groups in total. The third-order valence-electron chi connectivity index (χ3n) is 2.44. The molecule has 1 aromatic rings. The van der Waals surface area contributed by atoms with Crippen molar-refractivity contribution in [1.82, 2.24) is 0 Å². The second kappa shape index (κ2) is 5.85. The third kappa shape index (κ3) is 5.06. The number of rotatable bonds is 5. The van der Waals surface area contributed by atoms with Crippen LogP contribution in [0.1, 0.15) is 38.8 Å². The average molecular weight is 302 g/mol. The summed E-state index contributed by atoms with van der Waals surface area (Å²) < 4.78 is 6.64. The molecule has 1 aromatic carbocycles. The fourth-order valence-electron chi connectivity index (χ4n) is 1.42. The van der Waals surface area contributed by atoms with Crippen LogP contribution in [0.3, 0.4) is 0 Å². The Morgan fingerprint density at radius 1 is 1.47 bits per heavy atom. The second-order valence-corrected chi connectivity index (χ2v) is 5.80. The van der Waals surface area contributed by atoms with Crippen molar-refractivity contribution >= 4 is 15.9 Å². The van der Waals surface area contributed by atoms with E-state index in [4.69, 9.17) is 10.5 Å². The molecule has 0 fully saturated rings. The van der Waals surface area contributed by atoms with Gasteiger partial charge in [-0.05, 0) is 32.9 Å². The van der Waals surface area contributed by atoms with Gasteiger partial charge in [-0.1, -0.05) is 22.0 Å². The average Bonchev–Trinajstić information content (AvgIpc) is 2.15. The highest BCUT2D eigenvalue weighted by molar-refractivity contribution is 9.10. The lowest BCUT2D eigenvalue weighted by Crippen LogP contribution is -2.22. The SMILES string of the molecule is C[C@@H](N)c1ccc(Br)cc1OCCC(C)(C)O. The molecule has 3 nitrogen and oxygen atoms in total. The highest BCUT2D eigenvalue weighted by Gasteiger charge is 2.14. The predicted octanol–water partition coefficient (Wildman–Crippen LogP) is 3.01. The molecular weight excluding hydrogens is 282 g/mol. The van der Waals surface area contributed by atoms with Gasteiger partial charge in [-0.2, -0.15) is 0 Å². The quantitative estimate of drug-likeness (QED) is 0.879. The van der Waals surface area contributed by atoms with Gasteiger partial charge in [-0.3, -0.25) is 0 Å². The van der Waals surface area contributed by atoms with E-state index in [9.17, 15) is 5.11 Å². The molecule has 0 radical (unpaired) electrons. The van der Waals surface area contributed by atoms with Gasteiger partial charge < -0.3 is 15.6 Å². The fraction of sp³-hybridized carbons (Fsp3) is 0.538. The summed E-state index contributed by atoms with van der Waals surface area (Å²) in [5.74, 6) is 0.777. The van der Waals surface area contributed by atoms with Crippen molar-refractivity contribution in [3.8, 4) is 5.75 Å². The lowest BCUT2D eigenvalue weighted by Gasteiger charge is -2.19. The molecule has 4 heteroatoms. The fourth-order valence-corrected chi connectivity index (χ4v) is 1.76. The zero-order valence-corrected chi connectivity index (χ0v) is 12.1. The molecule has 0 amide bonds. The zero-order valence-electron chi connectivity index (χ0n) is 10.5. The largest absolute Gasteiger partial charge is 0.493 e. The van der Waals surface area contributed by atoms with Gasteiger partial charge in [-0.15, -0.1) is 0 Å². The summed E-state index contributed by atoms with van der Waals surface area (Å²) in [5, 5.41) is 9.61. The van der Waals surface area contributed by atoms with Crippen LogP contribution < -0.4 is 10.5 Å². The minimum atomic E-state index is -0.708. The molecule has 1 atom stereocenters. The molecule has 0 bridgehead atoms. The summed E-state index contributed by atoms with van der Waals surface area (Å²) in [6, 6.07) is 5.74. The Bertz CT molecular complexity index is 372. The lowest BCUT2D eigenvalue weighted by atomic mass is 10.1. The highest BCUT2D eigenvalue weighted by Crippen LogP contribution is 2.28. The lowest BCUT2D eigenvalue weighted by molar-refractivity contribution is 0.0551. The van der Waals surface area contributed by atoms with Gasteiger partial charge in [0.1, 0.15) is 5.75 Å². The number of hydrogen-bond acceptors (Lipinski definition) is 3. The third-order valence-corrected chi connectivity index (χ3v) is 2.93. The number of ether oxygens (including phenoxy) is 1. The molecule has 17 heavy (non-hydrogen) atoms. The van der Waals surface area contributed by atoms with Crippen molar-refractivity contribution in [2.45, 2.75) is 38.8 Å². The number of nitrogens with two attached hydrogens (primary N) is 1. The summed E-state index contributed by atoms with van der Waals surface area (Å²) in [4.78, 5) is 0. The number of benzene rings is 1. The molecule has 0 aliphatic heterocycles. The van der Waals surface area contributed by atoms with E-state index >= 15 is 0 Å². The van der Waals surface area contributed by atoms with E-state index < -0.39 is 5.60 Å². The Hall–Kier alpha value is -0.580. The minimum Gasteiger partial charge on any atom is -0.493 e. The van der Waals surface area contributed by atoms with Crippen LogP contribution in [0, 0.1) is 0 Å². The Morgan fingerprint density at radius 2 is 2.12 bits per heavy atom. The molecule has 0 spiro atoms. The summed E-state index contributed by atoms with van der Waals surface area (Å²) in [5.41, 5.74) is 6.15. The Kier molecular flexibility index (Phi) is 4.98. The summed E-state index contributed by atoms with van der Waals surface area (Å²) in [6.45, 7) is 5.93. The smallest absolute Gasteiger partial charge is 0.125 e. The number of hydrogen-bond donors (Lipinski definition) is 2. The van der Waals surface area contributed by atoms with Gasteiger partial charge >= 0.3 is 0 Å². The first-order valence-corrected chi connectivity index (χ1v) is 6.49. The van der Waals surface area contributed by atoms with Crippen LogP contribution in [-0.4, -0.2) is 17.3 Å². The molecular formula is C13H20BrNO2. The van der Waals surface area contributed by atoms with Crippen LogP contribution in [0.25, 0.3) is 0 Å². The van der Waals surface area contributed by atoms with Crippen molar-refractivity contribution in [3.05, 3.63) is 28.2 Å². The van der Waals surface area contributed by atoms with E-state index in [1.54, 1.807) is 13.8 Å². The maximum absolute atomic E-state index is 9.61. The molecule has 1 rings (SSSR count). The standard InChI is InChI=1S/C13H20BrNO2/c1-9(15)11-5-4-10(14)8-12(11)17-7-6-13(2,3)16/h4-5,8-9,16H,6-7,15H2,1-3H3/t9-/m1/s1. The molecule has 0 aromatic heterocycles. The van der Waals surface area contributed by atoms with Crippen LogP contribution in [0.5, 0.6) is 5.75 Å². The van der Waals surface area contributed by atoms with E-state index in [0.717, 1.165) is 15.8 Å². The molecule has 0 heterocycles. The zero-order chi connectivity index (χ0) is 13.1. The highest BCUT2D eigenvalue weighted by atomic mass is 79.9. The first kappa shape index (κ1) is 14.5. The van der Waals surface area contributed by atoms with E-state index in [1.807, 2.05) is 25.1 Å². The van der Waals surface area contributed by atoms with Crippen LogP contribution in [0.15, 0.2) is 22.7 Å². The molecule has 0 aliphatic carbocycles. The Labute approximate surface area is 111 Å².